The van der Waals surface area contributed by atoms with Gasteiger partial charge in [0.25, 0.3) is 0 Å². The van der Waals surface area contributed by atoms with E-state index in [4.69, 9.17) is 15.6 Å². The van der Waals surface area contributed by atoms with Gasteiger partial charge in [-0.3, -0.25) is 0 Å². The van der Waals surface area contributed by atoms with Gasteiger partial charge in [0.1, 0.15) is 11.2 Å². The van der Waals surface area contributed by atoms with Crippen LogP contribution in [-0.2, 0) is 5.54 Å². The Morgan fingerprint density at radius 1 is 0.660 bits per heavy atom. The van der Waals surface area contributed by atoms with Crippen molar-refractivity contribution in [1.29, 1.82) is 5.41 Å². The Kier molecular flexibility index (Phi) is 8.20. The summed E-state index contributed by atoms with van der Waals surface area (Å²) in [6.07, 6.45) is 8.26. The highest BCUT2D eigenvalue weighted by atomic mass is 16.3. The molecule has 0 aliphatic heterocycles. The molecule has 0 spiro atoms. The molecule has 50 heavy (non-hydrogen) atoms. The summed E-state index contributed by atoms with van der Waals surface area (Å²) >= 11 is 0. The number of hydrogen-bond donors (Lipinski definition) is 2. The minimum absolute atomic E-state index is 0.505. The third-order valence-corrected chi connectivity index (χ3v) is 9.97. The normalized spacial score (nSPS) is 14.6. The number of nitrogens with one attached hydrogen (secondary N) is 1. The summed E-state index contributed by atoms with van der Waals surface area (Å²) in [5, 5.41) is 11.1. The van der Waals surface area contributed by atoms with Crippen molar-refractivity contribution in [3.8, 4) is 11.1 Å². The third-order valence-electron chi connectivity index (χ3n) is 9.97. The van der Waals surface area contributed by atoms with Crippen LogP contribution in [0.2, 0.25) is 0 Å². The molecule has 1 aliphatic rings. The molecule has 0 fully saturated rings. The summed E-state index contributed by atoms with van der Waals surface area (Å²) in [5.74, 6) is 0. The van der Waals surface area contributed by atoms with Gasteiger partial charge in [0.2, 0.25) is 0 Å². The highest BCUT2D eigenvalue weighted by Gasteiger charge is 2.25. The second-order valence-corrected chi connectivity index (χ2v) is 13.2. The number of furan rings is 1. The zero-order chi connectivity index (χ0) is 34.1. The molecule has 1 atom stereocenters. The first-order valence-electron chi connectivity index (χ1n) is 17.2. The average molecular weight is 647 g/mol. The van der Waals surface area contributed by atoms with E-state index in [0.717, 1.165) is 73.7 Å². The number of nitrogens with two attached hydrogens (primary N) is 1. The first-order chi connectivity index (χ1) is 24.5. The highest BCUT2D eigenvalue weighted by Crippen LogP contribution is 2.43. The Bertz CT molecular complexity index is 2450. The summed E-state index contributed by atoms with van der Waals surface area (Å²) in [5.41, 5.74) is 19.6. The molecule has 3 heteroatoms. The van der Waals surface area contributed by atoms with Crippen LogP contribution in [0, 0.1) is 5.41 Å². The SMILES string of the molecule is CC(N)(c1ccccc1)c1cccc(-c2ccc(C3=CC=C(/C(=C/C(=N)c4ccccc4)c4ccccc4)CC3)c3c2oc2ccccc23)c1. The van der Waals surface area contributed by atoms with E-state index in [1.165, 1.54) is 16.7 Å². The van der Waals surface area contributed by atoms with Crippen LogP contribution in [0.3, 0.4) is 0 Å². The van der Waals surface area contributed by atoms with Gasteiger partial charge in [-0.25, -0.2) is 0 Å². The highest BCUT2D eigenvalue weighted by molar-refractivity contribution is 6.15. The monoisotopic (exact) mass is 646 g/mol. The van der Waals surface area contributed by atoms with E-state index < -0.39 is 5.54 Å². The molecule has 8 rings (SSSR count). The topological polar surface area (TPSA) is 63.0 Å². The zero-order valence-electron chi connectivity index (χ0n) is 28.1. The van der Waals surface area contributed by atoms with Gasteiger partial charge in [-0.15, -0.1) is 0 Å². The van der Waals surface area contributed by atoms with Gasteiger partial charge in [0.05, 0.1) is 11.3 Å². The van der Waals surface area contributed by atoms with Crippen LogP contribution in [0.15, 0.2) is 180 Å². The quantitative estimate of drug-likeness (QED) is 0.161. The lowest BCUT2D eigenvalue weighted by atomic mass is 9.83. The predicted molar refractivity (Wildman–Crippen MR) is 209 cm³/mol. The van der Waals surface area contributed by atoms with Crippen LogP contribution >= 0.6 is 0 Å². The molecule has 7 aromatic rings. The molecule has 1 unspecified atom stereocenters. The van der Waals surface area contributed by atoms with E-state index >= 15 is 0 Å². The number of rotatable bonds is 8. The van der Waals surface area contributed by atoms with Crippen molar-refractivity contribution in [2.75, 3.05) is 0 Å². The largest absolute Gasteiger partial charge is 0.455 e. The smallest absolute Gasteiger partial charge is 0.143 e. The number of hydrogen-bond acceptors (Lipinski definition) is 3. The van der Waals surface area contributed by atoms with Gasteiger partial charge in [0.15, 0.2) is 0 Å². The molecular formula is C47H38N2O. The lowest BCUT2D eigenvalue weighted by molar-refractivity contribution is 0.603. The molecule has 242 valence electrons. The van der Waals surface area contributed by atoms with Crippen molar-refractivity contribution in [2.45, 2.75) is 25.3 Å². The van der Waals surface area contributed by atoms with Gasteiger partial charge in [-0.2, -0.15) is 0 Å². The van der Waals surface area contributed by atoms with E-state index in [1.54, 1.807) is 0 Å². The van der Waals surface area contributed by atoms with Crippen LogP contribution < -0.4 is 5.73 Å². The first-order valence-corrected chi connectivity index (χ1v) is 17.2. The standard InChI is InChI=1S/C47H38N2O/c1-47(49,37-19-9-4-10-20-37)38-21-13-18-36(30-38)40-29-28-39(45-41-22-11-12-23-44(41)50-46(40)45)33-24-26-34(27-25-33)42(32-14-5-2-6-15-32)31-43(48)35-16-7-3-8-17-35/h2-24,26,28-31,48H,25,27,49H2,1H3/b42-31+,48-43?. The summed E-state index contributed by atoms with van der Waals surface area (Å²) in [4.78, 5) is 0. The fraction of sp³-hybridized carbons (Fsp3) is 0.0851. The molecule has 0 bridgehead atoms. The zero-order valence-corrected chi connectivity index (χ0v) is 28.1. The average Bonchev–Trinajstić information content (AvgIpc) is 3.58. The second kappa shape index (κ2) is 13.1. The molecule has 3 N–H and O–H groups in total. The van der Waals surface area contributed by atoms with Gasteiger partial charge < -0.3 is 15.6 Å². The Balaban J connectivity index is 1.22. The van der Waals surface area contributed by atoms with Gasteiger partial charge in [0, 0.05) is 16.3 Å². The maximum atomic E-state index is 8.90. The van der Waals surface area contributed by atoms with Gasteiger partial charge in [-0.1, -0.05) is 146 Å². The van der Waals surface area contributed by atoms with E-state index in [1.807, 2.05) is 66.7 Å². The lowest BCUT2D eigenvalue weighted by Gasteiger charge is -2.26. The third kappa shape index (κ3) is 5.83. The molecule has 3 nitrogen and oxygen atoms in total. The molecule has 1 aliphatic carbocycles. The predicted octanol–water partition coefficient (Wildman–Crippen LogP) is 11.7. The molecule has 1 heterocycles. The van der Waals surface area contributed by atoms with Crippen LogP contribution in [0.5, 0.6) is 0 Å². The lowest BCUT2D eigenvalue weighted by Crippen LogP contribution is -2.34. The maximum Gasteiger partial charge on any atom is 0.143 e. The van der Waals surface area contributed by atoms with Crippen LogP contribution in [0.4, 0.5) is 0 Å². The molecule has 0 saturated carbocycles. The fourth-order valence-electron chi connectivity index (χ4n) is 7.19. The van der Waals surface area contributed by atoms with E-state index in [9.17, 15) is 0 Å². The van der Waals surface area contributed by atoms with Crippen molar-refractivity contribution < 1.29 is 4.42 Å². The number of fused-ring (bicyclic) bond motifs is 3. The first kappa shape index (κ1) is 31.3. The van der Waals surface area contributed by atoms with Crippen LogP contribution in [0.25, 0.3) is 44.2 Å². The molecule has 0 radical (unpaired) electrons. The summed E-state index contributed by atoms with van der Waals surface area (Å²) < 4.78 is 6.68. The minimum atomic E-state index is -0.645. The number of benzene rings is 6. The van der Waals surface area contributed by atoms with Crippen LogP contribution in [-0.4, -0.2) is 5.71 Å². The maximum absolute atomic E-state index is 8.90. The number of allylic oxidation sites excluding steroid dienone is 6. The van der Waals surface area contributed by atoms with Gasteiger partial charge in [-0.05, 0) is 94.1 Å². The van der Waals surface area contributed by atoms with Crippen molar-refractivity contribution in [2.24, 2.45) is 5.73 Å². The number of para-hydroxylation sites is 1. The fourth-order valence-corrected chi connectivity index (χ4v) is 7.19. The van der Waals surface area contributed by atoms with Crippen molar-refractivity contribution in [1.82, 2.24) is 0 Å². The molecule has 6 aromatic carbocycles. The van der Waals surface area contributed by atoms with Crippen molar-refractivity contribution in [3.05, 3.63) is 203 Å². The molecular weight excluding hydrogens is 609 g/mol. The van der Waals surface area contributed by atoms with E-state index in [0.29, 0.717) is 5.71 Å². The Labute approximate surface area is 293 Å². The van der Waals surface area contributed by atoms with Crippen molar-refractivity contribution >= 4 is 38.8 Å². The minimum Gasteiger partial charge on any atom is -0.455 e. The van der Waals surface area contributed by atoms with E-state index in [2.05, 4.69) is 110 Å². The summed E-state index contributed by atoms with van der Waals surface area (Å²) in [6.45, 7) is 2.07. The molecule has 1 aromatic heterocycles. The van der Waals surface area contributed by atoms with E-state index in [-0.39, 0.29) is 0 Å². The van der Waals surface area contributed by atoms with Gasteiger partial charge >= 0.3 is 0 Å². The molecule has 0 amide bonds. The second-order valence-electron chi connectivity index (χ2n) is 13.2. The Hall–Kier alpha value is -6.03. The Morgan fingerprint density at radius 2 is 1.30 bits per heavy atom. The summed E-state index contributed by atoms with van der Waals surface area (Å²) in [6, 6.07) is 52.0. The van der Waals surface area contributed by atoms with Crippen molar-refractivity contribution in [3.63, 3.8) is 0 Å². The Morgan fingerprint density at radius 3 is 2.02 bits per heavy atom. The summed E-state index contributed by atoms with van der Waals surface area (Å²) in [7, 11) is 0. The molecule has 0 saturated heterocycles. The van der Waals surface area contributed by atoms with Crippen LogP contribution in [0.1, 0.15) is 47.6 Å².